The summed E-state index contributed by atoms with van der Waals surface area (Å²) >= 11 is 0. The molecule has 1 aliphatic rings. The first-order valence-corrected chi connectivity index (χ1v) is 7.53. The molecule has 1 fully saturated rings. The van der Waals surface area contributed by atoms with Gasteiger partial charge in [-0.05, 0) is 32.0 Å². The number of β-amino-alcohol motifs (C(OH)–C–C–N with tert-alkyl or cyclic N) is 1. The Morgan fingerprint density at radius 2 is 2.00 bits per heavy atom. The number of likely N-dealkylation sites (tertiary alicyclic amines) is 1. The fourth-order valence-corrected chi connectivity index (χ4v) is 2.75. The molecule has 0 aromatic carbocycles. The summed E-state index contributed by atoms with van der Waals surface area (Å²) in [7, 11) is 0. The molecule has 0 bridgehead atoms. The molecule has 0 radical (unpaired) electrons. The number of rotatable bonds is 5. The van der Waals surface area contributed by atoms with Gasteiger partial charge in [-0.15, -0.1) is 0 Å². The molecule has 0 amide bonds. The topological polar surface area (TPSA) is 87.1 Å². The third-order valence-electron chi connectivity index (χ3n) is 3.92. The first-order valence-electron chi connectivity index (χ1n) is 7.53. The van der Waals surface area contributed by atoms with Gasteiger partial charge in [-0.25, -0.2) is 19.9 Å². The van der Waals surface area contributed by atoms with E-state index in [1.165, 1.54) is 6.33 Å². The van der Waals surface area contributed by atoms with E-state index < -0.39 is 0 Å². The lowest BCUT2D eigenvalue weighted by molar-refractivity contribution is 0.163. The van der Waals surface area contributed by atoms with Crippen LogP contribution in [0.5, 0.6) is 0 Å². The van der Waals surface area contributed by atoms with Crippen LogP contribution < -0.4 is 5.32 Å². The summed E-state index contributed by atoms with van der Waals surface area (Å²) < 4.78 is 0. The largest absolute Gasteiger partial charge is 0.395 e. The van der Waals surface area contributed by atoms with E-state index in [-0.39, 0.29) is 6.61 Å². The first-order chi connectivity index (χ1) is 10.8. The Bertz CT molecular complexity index is 586. The Morgan fingerprint density at radius 3 is 2.73 bits per heavy atom. The summed E-state index contributed by atoms with van der Waals surface area (Å²) in [6.07, 6.45) is 8.78. The van der Waals surface area contributed by atoms with Crippen LogP contribution >= 0.6 is 0 Å². The van der Waals surface area contributed by atoms with E-state index >= 15 is 0 Å². The van der Waals surface area contributed by atoms with Crippen molar-refractivity contribution in [3.63, 3.8) is 0 Å². The highest BCUT2D eigenvalue weighted by atomic mass is 16.3. The van der Waals surface area contributed by atoms with Gasteiger partial charge in [0.1, 0.15) is 6.33 Å². The van der Waals surface area contributed by atoms with Crippen LogP contribution in [-0.2, 0) is 0 Å². The Hall–Kier alpha value is -2.12. The number of aliphatic hydroxyl groups is 1. The summed E-state index contributed by atoms with van der Waals surface area (Å²) in [5.74, 6) is 1.02. The van der Waals surface area contributed by atoms with Crippen molar-refractivity contribution in [1.82, 2.24) is 24.8 Å². The lowest BCUT2D eigenvalue weighted by Crippen LogP contribution is -2.35. The molecular weight excluding hydrogens is 280 g/mol. The van der Waals surface area contributed by atoms with Gasteiger partial charge in [0.05, 0.1) is 24.7 Å². The van der Waals surface area contributed by atoms with E-state index in [0.717, 1.165) is 43.9 Å². The molecule has 3 rings (SSSR count). The summed E-state index contributed by atoms with van der Waals surface area (Å²) in [5, 5.41) is 12.1. The Kier molecular flexibility index (Phi) is 4.87. The fourth-order valence-electron chi connectivity index (χ4n) is 2.75. The van der Waals surface area contributed by atoms with Crippen molar-refractivity contribution in [2.45, 2.75) is 18.8 Å². The molecule has 2 aromatic heterocycles. The fraction of sp³-hybridized carbons (Fsp3) is 0.467. The quantitative estimate of drug-likeness (QED) is 0.857. The third-order valence-corrected chi connectivity index (χ3v) is 3.92. The van der Waals surface area contributed by atoms with Gasteiger partial charge in [0.25, 0.3) is 0 Å². The summed E-state index contributed by atoms with van der Waals surface area (Å²) in [5.41, 5.74) is 1.84. The number of nitrogens with zero attached hydrogens (tertiary/aromatic N) is 5. The number of anilines is 2. The number of nitrogens with one attached hydrogen (secondary N) is 1. The van der Waals surface area contributed by atoms with Crippen LogP contribution in [0.1, 0.15) is 24.5 Å². The van der Waals surface area contributed by atoms with Crippen molar-refractivity contribution in [3.8, 4) is 0 Å². The predicted molar refractivity (Wildman–Crippen MR) is 82.8 cm³/mol. The number of hydrogen-bond donors (Lipinski definition) is 2. The molecule has 0 saturated carbocycles. The highest BCUT2D eigenvalue weighted by Crippen LogP contribution is 2.27. The molecule has 2 N–H and O–H groups in total. The smallest absolute Gasteiger partial charge is 0.227 e. The average molecular weight is 300 g/mol. The van der Waals surface area contributed by atoms with Gasteiger partial charge in [0.15, 0.2) is 0 Å². The highest BCUT2D eigenvalue weighted by molar-refractivity contribution is 5.49. The zero-order chi connectivity index (χ0) is 15.2. The Morgan fingerprint density at radius 1 is 1.23 bits per heavy atom. The van der Waals surface area contributed by atoms with Crippen LogP contribution in [0.25, 0.3) is 0 Å². The van der Waals surface area contributed by atoms with E-state index in [1.54, 1.807) is 18.6 Å². The van der Waals surface area contributed by atoms with Gasteiger partial charge >= 0.3 is 0 Å². The molecule has 1 aliphatic heterocycles. The monoisotopic (exact) mass is 300 g/mol. The van der Waals surface area contributed by atoms with Gasteiger partial charge in [0, 0.05) is 24.4 Å². The van der Waals surface area contributed by atoms with E-state index in [1.807, 2.05) is 6.07 Å². The van der Waals surface area contributed by atoms with Crippen molar-refractivity contribution in [1.29, 1.82) is 0 Å². The molecule has 1 saturated heterocycles. The Labute approximate surface area is 129 Å². The van der Waals surface area contributed by atoms with Gasteiger partial charge in [-0.3, -0.25) is 0 Å². The van der Waals surface area contributed by atoms with Crippen molar-refractivity contribution in [2.75, 3.05) is 31.6 Å². The van der Waals surface area contributed by atoms with Gasteiger partial charge in [0.2, 0.25) is 5.95 Å². The molecule has 0 aliphatic carbocycles. The van der Waals surface area contributed by atoms with Gasteiger partial charge < -0.3 is 15.3 Å². The number of aromatic nitrogens is 4. The van der Waals surface area contributed by atoms with E-state index in [9.17, 15) is 0 Å². The SMILES string of the molecule is OCCN1CCC(c2ccnc(Nc3cncnc3)n2)CC1. The standard InChI is InChI=1S/C15H20N6O/c22-8-7-21-5-2-12(3-6-21)14-1-4-18-15(20-14)19-13-9-16-11-17-10-13/h1,4,9-12,22H,2-3,5-8H2,(H,18,19,20). The molecule has 116 valence electrons. The molecule has 7 nitrogen and oxygen atoms in total. The van der Waals surface area contributed by atoms with Crippen LogP contribution in [0.15, 0.2) is 31.0 Å². The molecule has 7 heteroatoms. The summed E-state index contributed by atoms with van der Waals surface area (Å²) in [6.45, 7) is 3.00. The summed E-state index contributed by atoms with van der Waals surface area (Å²) in [6, 6.07) is 1.99. The van der Waals surface area contributed by atoms with Crippen LogP contribution in [0.2, 0.25) is 0 Å². The van der Waals surface area contributed by atoms with Gasteiger partial charge in [-0.2, -0.15) is 0 Å². The molecule has 2 aromatic rings. The minimum absolute atomic E-state index is 0.228. The lowest BCUT2D eigenvalue weighted by Gasteiger charge is -2.31. The second-order valence-corrected chi connectivity index (χ2v) is 5.40. The second-order valence-electron chi connectivity index (χ2n) is 5.40. The zero-order valence-electron chi connectivity index (χ0n) is 12.4. The maximum Gasteiger partial charge on any atom is 0.227 e. The first kappa shape index (κ1) is 14.8. The second kappa shape index (κ2) is 7.24. The third kappa shape index (κ3) is 3.75. The molecule has 3 heterocycles. The number of piperidine rings is 1. The molecule has 0 atom stereocenters. The van der Waals surface area contributed by atoms with E-state index in [2.05, 4.69) is 30.2 Å². The lowest BCUT2D eigenvalue weighted by atomic mass is 9.93. The number of aliphatic hydroxyl groups excluding tert-OH is 1. The minimum atomic E-state index is 0.228. The van der Waals surface area contributed by atoms with E-state index in [0.29, 0.717) is 11.9 Å². The van der Waals surface area contributed by atoms with Crippen LogP contribution in [0, 0.1) is 0 Å². The minimum Gasteiger partial charge on any atom is -0.395 e. The normalized spacial score (nSPS) is 16.6. The van der Waals surface area contributed by atoms with Crippen molar-refractivity contribution < 1.29 is 5.11 Å². The van der Waals surface area contributed by atoms with Crippen LogP contribution in [-0.4, -0.2) is 56.2 Å². The predicted octanol–water partition coefficient (Wildman–Crippen LogP) is 1.18. The van der Waals surface area contributed by atoms with Crippen molar-refractivity contribution in [3.05, 3.63) is 36.7 Å². The zero-order valence-corrected chi connectivity index (χ0v) is 12.4. The van der Waals surface area contributed by atoms with Crippen molar-refractivity contribution in [2.24, 2.45) is 0 Å². The molecule has 0 unspecified atom stereocenters. The van der Waals surface area contributed by atoms with Crippen molar-refractivity contribution >= 4 is 11.6 Å². The van der Waals surface area contributed by atoms with Gasteiger partial charge in [-0.1, -0.05) is 0 Å². The number of hydrogen-bond acceptors (Lipinski definition) is 7. The average Bonchev–Trinajstić information content (AvgIpc) is 2.57. The summed E-state index contributed by atoms with van der Waals surface area (Å²) in [4.78, 5) is 19.1. The van der Waals surface area contributed by atoms with E-state index in [4.69, 9.17) is 5.11 Å². The maximum atomic E-state index is 9.00. The molecule has 0 spiro atoms. The molecule has 22 heavy (non-hydrogen) atoms. The van der Waals surface area contributed by atoms with Crippen LogP contribution in [0.4, 0.5) is 11.6 Å². The van der Waals surface area contributed by atoms with Crippen LogP contribution in [0.3, 0.4) is 0 Å². The maximum absolute atomic E-state index is 9.00. The highest BCUT2D eigenvalue weighted by Gasteiger charge is 2.21. The Balaban J connectivity index is 1.64. The molecular formula is C15H20N6O.